The zero-order valence-electron chi connectivity index (χ0n) is 23.2. The molecular weight excluding hydrogens is 530 g/mol. The minimum atomic E-state index is -0.702. The number of hydrogen-bond acceptors (Lipinski definition) is 8. The molecule has 41 heavy (non-hydrogen) atoms. The molecule has 0 spiro atoms. The number of aliphatic hydroxyl groups excluding tert-OH is 1. The van der Waals surface area contributed by atoms with E-state index in [-0.39, 0.29) is 42.1 Å². The number of carbonyl (C=O) groups is 1. The lowest BCUT2D eigenvalue weighted by Crippen LogP contribution is -2.49. The van der Waals surface area contributed by atoms with Gasteiger partial charge < -0.3 is 26.0 Å². The number of anilines is 3. The van der Waals surface area contributed by atoms with Crippen molar-refractivity contribution in [3.05, 3.63) is 36.0 Å². The van der Waals surface area contributed by atoms with E-state index in [1.54, 1.807) is 6.20 Å². The van der Waals surface area contributed by atoms with Gasteiger partial charge >= 0.3 is 0 Å². The van der Waals surface area contributed by atoms with Crippen LogP contribution in [0.4, 0.5) is 26.4 Å². The van der Waals surface area contributed by atoms with Crippen LogP contribution in [-0.2, 0) is 4.79 Å². The number of aromatic nitrogens is 4. The maximum Gasteiger partial charge on any atom is 0.225 e. The van der Waals surface area contributed by atoms with E-state index in [1.807, 2.05) is 9.47 Å². The van der Waals surface area contributed by atoms with Crippen molar-refractivity contribution in [1.82, 2.24) is 29.7 Å². The van der Waals surface area contributed by atoms with Crippen LogP contribution in [0.3, 0.4) is 0 Å². The van der Waals surface area contributed by atoms with Crippen LogP contribution in [-0.4, -0.2) is 74.3 Å². The predicted molar refractivity (Wildman–Crippen MR) is 152 cm³/mol. The molecule has 3 heterocycles. The summed E-state index contributed by atoms with van der Waals surface area (Å²) in [4.78, 5) is 28.9. The Kier molecular flexibility index (Phi) is 8.29. The molecule has 1 aliphatic heterocycles. The number of amides is 1. The topological polar surface area (TPSA) is 120 Å². The molecule has 2 aliphatic carbocycles. The summed E-state index contributed by atoms with van der Waals surface area (Å²) in [6, 6.07) is 3.90. The Hall–Kier alpha value is -3.38. The molecule has 3 aliphatic rings. The number of carbonyl (C=O) groups excluding carboxylic acids is 1. The molecule has 10 nitrogen and oxygen atoms in total. The molecule has 2 aromatic heterocycles. The van der Waals surface area contributed by atoms with Gasteiger partial charge in [0.1, 0.15) is 22.8 Å². The predicted octanol–water partition coefficient (Wildman–Crippen LogP) is 3.97. The summed E-state index contributed by atoms with van der Waals surface area (Å²) in [6.07, 6.45) is 8.30. The summed E-state index contributed by atoms with van der Waals surface area (Å²) >= 11 is 0. The standard InChI is InChI=1S/C29H38F2N8O2/c30-22-2-1-3-23(31)25(22)36-29-35-24-16-33-28(37-26(24)39(29)21-10-4-18(17-40)5-11-21)34-20-8-6-19(7-9-20)27(41)38-14-12-32-13-15-38/h1-3,16,18-21,32,40H,4-15,17H2,(H,35,36)(H,33,34,37)/t18-,19-,20-,21+. The van der Waals surface area contributed by atoms with E-state index in [9.17, 15) is 18.7 Å². The lowest BCUT2D eigenvalue weighted by molar-refractivity contribution is -0.137. The summed E-state index contributed by atoms with van der Waals surface area (Å²) in [5.41, 5.74) is 0.868. The number of imidazole rings is 1. The number of nitrogens with one attached hydrogen (secondary N) is 3. The van der Waals surface area contributed by atoms with Crippen LogP contribution in [0.15, 0.2) is 24.4 Å². The molecule has 4 N–H and O–H groups in total. The van der Waals surface area contributed by atoms with E-state index in [1.165, 1.54) is 18.2 Å². The molecule has 0 unspecified atom stereocenters. The first-order valence-electron chi connectivity index (χ1n) is 14.8. The number of benzene rings is 1. The fourth-order valence-electron chi connectivity index (χ4n) is 6.52. The maximum atomic E-state index is 14.5. The lowest BCUT2D eigenvalue weighted by atomic mass is 9.85. The third-order valence-corrected chi connectivity index (χ3v) is 8.91. The van der Waals surface area contributed by atoms with Crippen molar-refractivity contribution in [3.63, 3.8) is 0 Å². The van der Waals surface area contributed by atoms with E-state index < -0.39 is 11.6 Å². The maximum absolute atomic E-state index is 14.5. The summed E-state index contributed by atoms with van der Waals surface area (Å²) in [6.45, 7) is 3.42. The second-order valence-corrected chi connectivity index (χ2v) is 11.6. The number of fused-ring (bicyclic) bond motifs is 1. The second-order valence-electron chi connectivity index (χ2n) is 11.6. The number of rotatable bonds is 7. The van der Waals surface area contributed by atoms with Crippen LogP contribution in [0.5, 0.6) is 0 Å². The SMILES string of the molecule is O=C([C@H]1CC[C@H](Nc2ncc3nc(Nc4c(F)cccc4F)n([C@H]4CC[C@@H](CO)CC4)c3n2)CC1)N1CCNCC1. The van der Waals surface area contributed by atoms with Crippen LogP contribution < -0.4 is 16.0 Å². The highest BCUT2D eigenvalue weighted by molar-refractivity contribution is 5.79. The molecule has 1 saturated heterocycles. The van der Waals surface area contributed by atoms with E-state index in [0.717, 1.165) is 77.5 Å². The molecule has 3 aromatic rings. The van der Waals surface area contributed by atoms with Gasteiger partial charge in [0, 0.05) is 50.8 Å². The first-order chi connectivity index (χ1) is 20.0. The van der Waals surface area contributed by atoms with E-state index in [2.05, 4.69) is 25.9 Å². The Morgan fingerprint density at radius 1 is 1.00 bits per heavy atom. The molecule has 0 radical (unpaired) electrons. The molecular formula is C29H38F2N8O2. The quantitative estimate of drug-likeness (QED) is 0.338. The van der Waals surface area contributed by atoms with Gasteiger partial charge in [-0.05, 0) is 69.4 Å². The Morgan fingerprint density at radius 3 is 2.39 bits per heavy atom. The zero-order valence-corrected chi connectivity index (χ0v) is 23.2. The molecule has 1 aromatic carbocycles. The van der Waals surface area contributed by atoms with Crippen molar-refractivity contribution in [3.8, 4) is 0 Å². The van der Waals surface area contributed by atoms with Crippen LogP contribution in [0.2, 0.25) is 0 Å². The van der Waals surface area contributed by atoms with Gasteiger partial charge in [0.15, 0.2) is 5.65 Å². The minimum Gasteiger partial charge on any atom is -0.396 e. The van der Waals surface area contributed by atoms with Gasteiger partial charge in [-0.3, -0.25) is 9.36 Å². The fraction of sp³-hybridized carbons (Fsp3) is 0.586. The first kappa shape index (κ1) is 27.8. The van der Waals surface area contributed by atoms with Crippen molar-refractivity contribution >= 4 is 34.7 Å². The van der Waals surface area contributed by atoms with Gasteiger partial charge in [-0.2, -0.15) is 4.98 Å². The Balaban J connectivity index is 1.21. The Labute approximate surface area is 237 Å². The summed E-state index contributed by atoms with van der Waals surface area (Å²) in [5, 5.41) is 19.3. The van der Waals surface area contributed by atoms with Gasteiger partial charge in [0.05, 0.1) is 6.20 Å². The summed E-state index contributed by atoms with van der Waals surface area (Å²) in [5.74, 6) is -0.0229. The third kappa shape index (κ3) is 5.99. The largest absolute Gasteiger partial charge is 0.396 e. The highest BCUT2D eigenvalue weighted by atomic mass is 19.1. The van der Waals surface area contributed by atoms with Crippen molar-refractivity contribution in [1.29, 1.82) is 0 Å². The monoisotopic (exact) mass is 568 g/mol. The van der Waals surface area contributed by atoms with Gasteiger partial charge in [-0.15, -0.1) is 0 Å². The smallest absolute Gasteiger partial charge is 0.225 e. The number of halogens is 2. The molecule has 12 heteroatoms. The molecule has 2 saturated carbocycles. The first-order valence-corrected chi connectivity index (χ1v) is 14.8. The lowest BCUT2D eigenvalue weighted by Gasteiger charge is -2.34. The molecule has 0 atom stereocenters. The normalized spacial score (nSPS) is 25.3. The molecule has 1 amide bonds. The van der Waals surface area contributed by atoms with Crippen molar-refractivity contribution in [2.75, 3.05) is 43.4 Å². The number of nitrogens with zero attached hydrogens (tertiary/aromatic N) is 5. The van der Waals surface area contributed by atoms with Gasteiger partial charge in [0.25, 0.3) is 0 Å². The van der Waals surface area contributed by atoms with Gasteiger partial charge in [-0.1, -0.05) is 6.07 Å². The molecule has 3 fully saturated rings. The van der Waals surface area contributed by atoms with Crippen LogP contribution >= 0.6 is 0 Å². The molecule has 220 valence electrons. The van der Waals surface area contributed by atoms with E-state index >= 15 is 0 Å². The van der Waals surface area contributed by atoms with Crippen LogP contribution in [0, 0.1) is 23.5 Å². The fourth-order valence-corrected chi connectivity index (χ4v) is 6.52. The molecule has 6 rings (SSSR count). The van der Waals surface area contributed by atoms with Crippen molar-refractivity contribution in [2.24, 2.45) is 11.8 Å². The summed E-state index contributed by atoms with van der Waals surface area (Å²) in [7, 11) is 0. The second kappa shape index (κ2) is 12.2. The molecule has 0 bridgehead atoms. The number of aliphatic hydroxyl groups is 1. The third-order valence-electron chi connectivity index (χ3n) is 8.91. The van der Waals surface area contributed by atoms with E-state index in [0.29, 0.717) is 23.1 Å². The minimum absolute atomic E-state index is 0.00863. The number of hydrogen-bond donors (Lipinski definition) is 4. The zero-order chi connectivity index (χ0) is 28.3. The average molecular weight is 569 g/mol. The van der Waals surface area contributed by atoms with Crippen molar-refractivity contribution < 1.29 is 18.7 Å². The average Bonchev–Trinajstić information content (AvgIpc) is 3.37. The van der Waals surface area contributed by atoms with Crippen molar-refractivity contribution in [2.45, 2.75) is 63.5 Å². The highest BCUT2D eigenvalue weighted by Crippen LogP contribution is 2.37. The Morgan fingerprint density at radius 2 is 1.71 bits per heavy atom. The van der Waals surface area contributed by atoms with E-state index in [4.69, 9.17) is 4.98 Å². The van der Waals surface area contributed by atoms with Crippen LogP contribution in [0.25, 0.3) is 11.2 Å². The number of para-hydroxylation sites is 1. The number of piperazine rings is 1. The van der Waals surface area contributed by atoms with Gasteiger partial charge in [0.2, 0.25) is 17.8 Å². The van der Waals surface area contributed by atoms with Gasteiger partial charge in [-0.25, -0.2) is 18.7 Å². The van der Waals surface area contributed by atoms with Crippen LogP contribution in [0.1, 0.15) is 57.4 Å². The highest BCUT2D eigenvalue weighted by Gasteiger charge is 2.31. The summed E-state index contributed by atoms with van der Waals surface area (Å²) < 4.78 is 31.0. The Bertz CT molecular complexity index is 1340.